The summed E-state index contributed by atoms with van der Waals surface area (Å²) < 4.78 is 10.4. The van der Waals surface area contributed by atoms with E-state index in [1.54, 1.807) is 20.3 Å². The Balaban J connectivity index is 2.82. The van der Waals surface area contributed by atoms with Crippen molar-refractivity contribution >= 4 is 12.0 Å². The molecule has 0 aromatic heterocycles. The number of nitrogens with one attached hydrogen (secondary N) is 1. The van der Waals surface area contributed by atoms with Crippen LogP contribution in [0.4, 0.5) is 0 Å². The van der Waals surface area contributed by atoms with Crippen molar-refractivity contribution in [1.82, 2.24) is 5.32 Å². The SMILES string of the molecule is CCC(C)NC(=O)/C=C/c1cc(OC)ccc1OC. The van der Waals surface area contributed by atoms with Crippen LogP contribution >= 0.6 is 0 Å². The van der Waals surface area contributed by atoms with Gasteiger partial charge in [0.05, 0.1) is 14.2 Å². The average Bonchev–Trinajstić information content (AvgIpc) is 2.44. The molecule has 0 radical (unpaired) electrons. The molecule has 0 heterocycles. The van der Waals surface area contributed by atoms with Crippen molar-refractivity contribution in [3.05, 3.63) is 29.8 Å². The molecular formula is C15H21NO3. The summed E-state index contributed by atoms with van der Waals surface area (Å²) in [6.07, 6.45) is 4.13. The van der Waals surface area contributed by atoms with E-state index < -0.39 is 0 Å². The molecule has 1 N–H and O–H groups in total. The molecule has 1 rings (SSSR count). The molecule has 0 spiro atoms. The Morgan fingerprint density at radius 1 is 1.37 bits per heavy atom. The molecule has 4 nitrogen and oxygen atoms in total. The molecule has 0 aliphatic heterocycles. The summed E-state index contributed by atoms with van der Waals surface area (Å²) in [5.41, 5.74) is 0.807. The number of benzene rings is 1. The Labute approximate surface area is 114 Å². The van der Waals surface area contributed by atoms with Gasteiger partial charge in [-0.15, -0.1) is 0 Å². The monoisotopic (exact) mass is 263 g/mol. The minimum absolute atomic E-state index is 0.112. The average molecular weight is 263 g/mol. The maximum absolute atomic E-state index is 11.7. The maximum atomic E-state index is 11.7. The van der Waals surface area contributed by atoms with Gasteiger partial charge >= 0.3 is 0 Å². The summed E-state index contributed by atoms with van der Waals surface area (Å²) in [6.45, 7) is 4.00. The normalized spacial score (nSPS) is 12.2. The van der Waals surface area contributed by atoms with Crippen molar-refractivity contribution in [2.24, 2.45) is 0 Å². The zero-order chi connectivity index (χ0) is 14.3. The molecule has 0 saturated heterocycles. The summed E-state index contributed by atoms with van der Waals surface area (Å²) in [5, 5.41) is 2.87. The number of carbonyl (C=O) groups excluding carboxylic acids is 1. The van der Waals surface area contributed by atoms with Gasteiger partial charge in [0.2, 0.25) is 5.91 Å². The Hall–Kier alpha value is -1.97. The minimum atomic E-state index is -0.112. The zero-order valence-electron chi connectivity index (χ0n) is 11.9. The Morgan fingerprint density at radius 3 is 2.68 bits per heavy atom. The highest BCUT2D eigenvalue weighted by atomic mass is 16.5. The number of carbonyl (C=O) groups is 1. The van der Waals surface area contributed by atoms with Crippen LogP contribution in [0.1, 0.15) is 25.8 Å². The van der Waals surface area contributed by atoms with Crippen LogP contribution in [0.5, 0.6) is 11.5 Å². The van der Waals surface area contributed by atoms with Gasteiger partial charge in [-0.05, 0) is 37.6 Å². The predicted molar refractivity (Wildman–Crippen MR) is 76.5 cm³/mol. The van der Waals surface area contributed by atoms with Crippen LogP contribution in [0.3, 0.4) is 0 Å². The van der Waals surface area contributed by atoms with E-state index in [-0.39, 0.29) is 11.9 Å². The van der Waals surface area contributed by atoms with Gasteiger partial charge in [0.25, 0.3) is 0 Å². The molecular weight excluding hydrogens is 242 g/mol. The summed E-state index contributed by atoms with van der Waals surface area (Å²) >= 11 is 0. The zero-order valence-corrected chi connectivity index (χ0v) is 11.9. The van der Waals surface area contributed by atoms with Gasteiger partial charge < -0.3 is 14.8 Å². The first kappa shape index (κ1) is 15.1. The van der Waals surface area contributed by atoms with Crippen LogP contribution in [0.2, 0.25) is 0 Å². The van der Waals surface area contributed by atoms with E-state index in [1.807, 2.05) is 32.0 Å². The van der Waals surface area contributed by atoms with Crippen molar-refractivity contribution in [3.63, 3.8) is 0 Å². The standard InChI is InChI=1S/C15H21NO3/c1-5-11(2)16-15(17)9-6-12-10-13(18-3)7-8-14(12)19-4/h6-11H,5H2,1-4H3,(H,16,17)/b9-6+. The van der Waals surface area contributed by atoms with Crippen LogP contribution in [-0.2, 0) is 4.79 Å². The van der Waals surface area contributed by atoms with E-state index in [9.17, 15) is 4.79 Å². The lowest BCUT2D eigenvalue weighted by Crippen LogP contribution is -2.30. The molecule has 1 unspecified atom stereocenters. The molecule has 0 aliphatic rings. The first-order valence-electron chi connectivity index (χ1n) is 6.31. The molecule has 0 fully saturated rings. The van der Waals surface area contributed by atoms with Gasteiger partial charge in [-0.2, -0.15) is 0 Å². The van der Waals surface area contributed by atoms with Crippen LogP contribution in [0.15, 0.2) is 24.3 Å². The van der Waals surface area contributed by atoms with Gasteiger partial charge in [-0.1, -0.05) is 6.92 Å². The molecule has 1 aromatic rings. The Kier molecular flexibility index (Phi) is 5.93. The van der Waals surface area contributed by atoms with Crippen molar-refractivity contribution < 1.29 is 14.3 Å². The summed E-state index contributed by atoms with van der Waals surface area (Å²) in [4.78, 5) is 11.7. The van der Waals surface area contributed by atoms with Crippen molar-refractivity contribution in [1.29, 1.82) is 0 Å². The minimum Gasteiger partial charge on any atom is -0.497 e. The summed E-state index contributed by atoms with van der Waals surface area (Å²) in [5.74, 6) is 1.32. The van der Waals surface area contributed by atoms with Crippen LogP contribution in [0.25, 0.3) is 6.08 Å². The second-order valence-corrected chi connectivity index (χ2v) is 4.26. The third kappa shape index (κ3) is 4.66. The first-order chi connectivity index (χ1) is 9.10. The molecule has 0 aliphatic carbocycles. The molecule has 0 bridgehead atoms. The van der Waals surface area contributed by atoms with E-state index in [0.717, 1.165) is 17.7 Å². The van der Waals surface area contributed by atoms with Crippen molar-refractivity contribution in [2.75, 3.05) is 14.2 Å². The highest BCUT2D eigenvalue weighted by Crippen LogP contribution is 2.24. The Bertz CT molecular complexity index is 455. The number of amides is 1. The second-order valence-electron chi connectivity index (χ2n) is 4.26. The van der Waals surface area contributed by atoms with E-state index in [2.05, 4.69) is 5.32 Å². The molecule has 1 atom stereocenters. The molecule has 104 valence electrons. The van der Waals surface area contributed by atoms with Gasteiger partial charge in [0.15, 0.2) is 0 Å². The van der Waals surface area contributed by atoms with Crippen LogP contribution in [0, 0.1) is 0 Å². The lowest BCUT2D eigenvalue weighted by Gasteiger charge is -2.09. The van der Waals surface area contributed by atoms with Crippen molar-refractivity contribution in [2.45, 2.75) is 26.3 Å². The van der Waals surface area contributed by atoms with E-state index in [1.165, 1.54) is 6.08 Å². The molecule has 4 heteroatoms. The van der Waals surface area contributed by atoms with Gasteiger partial charge in [0, 0.05) is 17.7 Å². The predicted octanol–water partition coefficient (Wildman–Crippen LogP) is 2.63. The second kappa shape index (κ2) is 7.46. The topological polar surface area (TPSA) is 47.6 Å². The quantitative estimate of drug-likeness (QED) is 0.803. The maximum Gasteiger partial charge on any atom is 0.244 e. The summed E-state index contributed by atoms with van der Waals surface area (Å²) in [7, 11) is 3.20. The number of methoxy groups -OCH3 is 2. The lowest BCUT2D eigenvalue weighted by atomic mass is 10.1. The number of hydrogen-bond acceptors (Lipinski definition) is 3. The molecule has 1 amide bonds. The van der Waals surface area contributed by atoms with Crippen LogP contribution < -0.4 is 14.8 Å². The van der Waals surface area contributed by atoms with E-state index in [0.29, 0.717) is 5.75 Å². The fourth-order valence-corrected chi connectivity index (χ4v) is 1.53. The van der Waals surface area contributed by atoms with Gasteiger partial charge in [-0.3, -0.25) is 4.79 Å². The number of hydrogen-bond donors (Lipinski definition) is 1. The highest BCUT2D eigenvalue weighted by molar-refractivity contribution is 5.92. The van der Waals surface area contributed by atoms with Gasteiger partial charge in [-0.25, -0.2) is 0 Å². The third-order valence-corrected chi connectivity index (χ3v) is 2.85. The molecule has 0 saturated carbocycles. The molecule has 1 aromatic carbocycles. The third-order valence-electron chi connectivity index (χ3n) is 2.85. The Morgan fingerprint density at radius 2 is 2.11 bits per heavy atom. The van der Waals surface area contributed by atoms with Gasteiger partial charge in [0.1, 0.15) is 11.5 Å². The summed E-state index contributed by atoms with van der Waals surface area (Å²) in [6, 6.07) is 5.62. The lowest BCUT2D eigenvalue weighted by molar-refractivity contribution is -0.117. The largest absolute Gasteiger partial charge is 0.497 e. The number of ether oxygens (including phenoxy) is 2. The smallest absolute Gasteiger partial charge is 0.244 e. The first-order valence-corrected chi connectivity index (χ1v) is 6.31. The molecule has 19 heavy (non-hydrogen) atoms. The fraction of sp³-hybridized carbons (Fsp3) is 0.400. The van der Waals surface area contributed by atoms with Crippen molar-refractivity contribution in [3.8, 4) is 11.5 Å². The van der Waals surface area contributed by atoms with E-state index >= 15 is 0 Å². The highest BCUT2D eigenvalue weighted by Gasteiger charge is 2.04. The van der Waals surface area contributed by atoms with E-state index in [4.69, 9.17) is 9.47 Å². The number of rotatable bonds is 6. The van der Waals surface area contributed by atoms with Crippen LogP contribution in [-0.4, -0.2) is 26.2 Å². The fourth-order valence-electron chi connectivity index (χ4n) is 1.53.